The minimum Gasteiger partial charge on any atom is -0.867 e. The molecular formula is C27H23ClFN3OS. The average molecular weight is 492 g/mol. The fraction of sp³-hybridized carbons (Fsp3) is 0.111. The lowest BCUT2D eigenvalue weighted by atomic mass is 10.1. The van der Waals surface area contributed by atoms with Gasteiger partial charge in [-0.3, -0.25) is 0 Å². The van der Waals surface area contributed by atoms with Crippen LogP contribution in [0.25, 0.3) is 11.5 Å². The van der Waals surface area contributed by atoms with Gasteiger partial charge in [-0.25, -0.2) is 4.39 Å². The van der Waals surface area contributed by atoms with Gasteiger partial charge in [0.15, 0.2) is 17.4 Å². The first-order chi connectivity index (χ1) is 16.3. The molecule has 4 nitrogen and oxygen atoms in total. The van der Waals surface area contributed by atoms with Crippen molar-refractivity contribution in [3.05, 3.63) is 119 Å². The molecule has 34 heavy (non-hydrogen) atoms. The van der Waals surface area contributed by atoms with Crippen LogP contribution in [0.1, 0.15) is 22.5 Å². The quantitative estimate of drug-likeness (QED) is 0.171. The summed E-state index contributed by atoms with van der Waals surface area (Å²) in [5, 5.41) is 17.6. The van der Waals surface area contributed by atoms with E-state index in [0.29, 0.717) is 28.5 Å². The number of nitrogens with one attached hydrogen (secondary N) is 1. The first-order valence-electron chi connectivity index (χ1n) is 10.7. The van der Waals surface area contributed by atoms with E-state index < -0.39 is 0 Å². The fourth-order valence-corrected chi connectivity index (χ4v) is 4.32. The highest BCUT2D eigenvalue weighted by Crippen LogP contribution is 2.26. The van der Waals surface area contributed by atoms with Crippen LogP contribution in [-0.2, 0) is 6.54 Å². The normalized spacial score (nSPS) is 11.8. The van der Waals surface area contributed by atoms with E-state index in [9.17, 15) is 9.50 Å². The van der Waals surface area contributed by atoms with Crippen LogP contribution in [0.3, 0.4) is 0 Å². The molecule has 0 amide bonds. The first-order valence-corrected chi connectivity index (χ1v) is 11.5. The molecule has 2 heterocycles. The zero-order chi connectivity index (χ0) is 24.2. The Bertz CT molecular complexity index is 1360. The van der Waals surface area contributed by atoms with Crippen LogP contribution in [0.15, 0.2) is 85.2 Å². The molecule has 0 aliphatic heterocycles. The van der Waals surface area contributed by atoms with Gasteiger partial charge in [0, 0.05) is 40.8 Å². The van der Waals surface area contributed by atoms with E-state index >= 15 is 0 Å². The van der Waals surface area contributed by atoms with Crippen molar-refractivity contribution in [3.8, 4) is 0 Å². The molecule has 172 valence electrons. The summed E-state index contributed by atoms with van der Waals surface area (Å²) >= 11 is 12.0. The highest BCUT2D eigenvalue weighted by atomic mass is 35.5. The number of aromatic nitrogens is 2. The number of hydrogen-bond donors (Lipinski definition) is 1. The monoisotopic (exact) mass is 491 g/mol. The molecule has 4 rings (SSSR count). The summed E-state index contributed by atoms with van der Waals surface area (Å²) in [5.74, 6) is -0.561. The number of pyridine rings is 1. The van der Waals surface area contributed by atoms with Crippen LogP contribution in [0.2, 0.25) is 5.02 Å². The van der Waals surface area contributed by atoms with Crippen molar-refractivity contribution in [2.75, 3.05) is 5.32 Å². The topological polar surface area (TPSA) is 43.9 Å². The number of aryl methyl sites for hydroxylation is 1. The Balaban J connectivity index is 1.77. The molecule has 0 fully saturated rings. The van der Waals surface area contributed by atoms with E-state index in [-0.39, 0.29) is 16.6 Å². The van der Waals surface area contributed by atoms with Crippen molar-refractivity contribution in [3.63, 3.8) is 0 Å². The van der Waals surface area contributed by atoms with E-state index in [2.05, 4.69) is 9.88 Å². The van der Waals surface area contributed by atoms with E-state index in [0.717, 1.165) is 17.0 Å². The first kappa shape index (κ1) is 23.7. The largest absolute Gasteiger partial charge is 0.867 e. The second kappa shape index (κ2) is 10.2. The van der Waals surface area contributed by atoms with Gasteiger partial charge in [-0.2, -0.15) is 4.57 Å². The summed E-state index contributed by atoms with van der Waals surface area (Å²) in [4.78, 5) is 0.240. The molecule has 0 saturated heterocycles. The molecular weight excluding hydrogens is 469 g/mol. The Morgan fingerprint density at radius 3 is 2.38 bits per heavy atom. The highest BCUT2D eigenvalue weighted by molar-refractivity contribution is 7.81. The minimum atomic E-state index is -0.347. The Morgan fingerprint density at radius 2 is 1.71 bits per heavy atom. The van der Waals surface area contributed by atoms with Crippen LogP contribution < -0.4 is 15.0 Å². The van der Waals surface area contributed by atoms with Gasteiger partial charge in [0.05, 0.1) is 0 Å². The van der Waals surface area contributed by atoms with Crippen molar-refractivity contribution in [2.45, 2.75) is 20.4 Å². The van der Waals surface area contributed by atoms with Crippen LogP contribution in [-0.4, -0.2) is 9.56 Å². The minimum absolute atomic E-state index is 0.214. The van der Waals surface area contributed by atoms with Gasteiger partial charge in [0.1, 0.15) is 5.82 Å². The highest BCUT2D eigenvalue weighted by Gasteiger charge is 2.21. The maximum absolute atomic E-state index is 13.9. The summed E-state index contributed by atoms with van der Waals surface area (Å²) in [6.45, 7) is 4.43. The van der Waals surface area contributed by atoms with Crippen LogP contribution in [0, 0.1) is 19.7 Å². The van der Waals surface area contributed by atoms with Crippen molar-refractivity contribution in [2.24, 2.45) is 0 Å². The molecule has 4 aromatic rings. The number of anilines is 1. The second-order valence-electron chi connectivity index (χ2n) is 7.88. The number of hydrogen-bond acceptors (Lipinski definition) is 2. The molecule has 2 aromatic heterocycles. The second-order valence-corrected chi connectivity index (χ2v) is 8.70. The van der Waals surface area contributed by atoms with Crippen LogP contribution >= 0.6 is 23.8 Å². The number of nitrogens with zero attached hydrogens (tertiary/aromatic N) is 2. The average Bonchev–Trinajstić information content (AvgIpc) is 3.11. The Hall–Kier alpha value is -3.48. The zero-order valence-electron chi connectivity index (χ0n) is 18.8. The maximum Gasteiger partial charge on any atom is 0.238 e. The Kier molecular flexibility index (Phi) is 7.10. The molecule has 0 bridgehead atoms. The molecule has 2 aromatic carbocycles. The summed E-state index contributed by atoms with van der Waals surface area (Å²) < 4.78 is 17.1. The molecule has 0 aliphatic carbocycles. The molecule has 0 radical (unpaired) electrons. The molecule has 1 N–H and O–H groups in total. The number of rotatable bonds is 6. The smallest absolute Gasteiger partial charge is 0.238 e. The van der Waals surface area contributed by atoms with E-state index in [1.165, 1.54) is 12.1 Å². The van der Waals surface area contributed by atoms with Gasteiger partial charge in [0.2, 0.25) is 5.70 Å². The molecule has 0 atom stereocenters. The van der Waals surface area contributed by atoms with Crippen molar-refractivity contribution in [1.82, 2.24) is 4.57 Å². The van der Waals surface area contributed by atoms with Gasteiger partial charge in [-0.15, -0.1) is 0 Å². The number of thiocarbonyl (C=S) groups is 1. The lowest BCUT2D eigenvalue weighted by molar-refractivity contribution is -0.577. The molecule has 0 unspecified atom stereocenters. The van der Waals surface area contributed by atoms with E-state index in [1.807, 2.05) is 62.4 Å². The van der Waals surface area contributed by atoms with Gasteiger partial charge >= 0.3 is 0 Å². The van der Waals surface area contributed by atoms with Crippen LogP contribution in [0.4, 0.5) is 10.1 Å². The van der Waals surface area contributed by atoms with Crippen molar-refractivity contribution < 1.29 is 14.1 Å². The summed E-state index contributed by atoms with van der Waals surface area (Å²) in [7, 11) is 0. The lowest BCUT2D eigenvalue weighted by Gasteiger charge is -2.17. The summed E-state index contributed by atoms with van der Waals surface area (Å²) in [5.41, 5.74) is 4.19. The number of benzene rings is 2. The Morgan fingerprint density at radius 1 is 1.03 bits per heavy atom. The van der Waals surface area contributed by atoms with Gasteiger partial charge in [0.25, 0.3) is 0 Å². The predicted octanol–water partition coefficient (Wildman–Crippen LogP) is 5.36. The third-order valence-corrected chi connectivity index (χ3v) is 6.27. The summed E-state index contributed by atoms with van der Waals surface area (Å²) in [6, 6.07) is 20.9. The SMILES string of the molecule is Cc1cc(C([O-])=C(C(=S)Nc2ccc(F)cc2)[n+]2ccccc2)c(C)n1Cc1ccccc1Cl. The zero-order valence-corrected chi connectivity index (χ0v) is 20.3. The Labute approximate surface area is 208 Å². The van der Waals surface area contributed by atoms with Gasteiger partial charge in [-0.05, 0) is 67.1 Å². The third kappa shape index (κ3) is 5.03. The van der Waals surface area contributed by atoms with Crippen LogP contribution in [0.5, 0.6) is 0 Å². The van der Waals surface area contributed by atoms with Crippen molar-refractivity contribution >= 4 is 46.0 Å². The molecule has 7 heteroatoms. The van der Waals surface area contributed by atoms with E-state index in [1.54, 1.807) is 29.1 Å². The molecule has 0 spiro atoms. The van der Waals surface area contributed by atoms with Gasteiger partial charge in [-0.1, -0.05) is 48.1 Å². The van der Waals surface area contributed by atoms with Crippen molar-refractivity contribution in [1.29, 1.82) is 0 Å². The third-order valence-electron chi connectivity index (χ3n) is 5.61. The van der Waals surface area contributed by atoms with Gasteiger partial charge < -0.3 is 15.0 Å². The molecule has 0 saturated carbocycles. The van der Waals surface area contributed by atoms with E-state index in [4.69, 9.17) is 23.8 Å². The maximum atomic E-state index is 13.9. The molecule has 0 aliphatic rings. The lowest BCUT2D eigenvalue weighted by Crippen LogP contribution is -2.39. The standard InChI is InChI=1S/C27H23ClFN3OS/c1-18-16-23(19(2)32(18)17-20-8-4-5-9-24(20)28)26(33)25(31-14-6-3-7-15-31)27(34)30-22-12-10-21(29)11-13-22/h3-16H,17H2,1-2H3,(H-,30,33,34). The fourth-order valence-electron chi connectivity index (χ4n) is 3.81. The number of halogens is 2. The summed E-state index contributed by atoms with van der Waals surface area (Å²) in [6.07, 6.45) is 3.55. The predicted molar refractivity (Wildman–Crippen MR) is 137 cm³/mol.